The van der Waals surface area contributed by atoms with Crippen LogP contribution in [0.2, 0.25) is 0 Å². The average molecular weight is 423 g/mol. The molecular formula is C31H50. The molecule has 0 aromatic carbocycles. The molecule has 0 amide bonds. The molecule has 4 aliphatic rings. The minimum Gasteiger partial charge on any atom is -0.103 e. The SMILES string of the molecule is C=C/C=C1/C2CC(C=C)CCC2(C)CCC1C1(C)CCC2C(C)(C)CCCC2(C)C1C. The van der Waals surface area contributed by atoms with E-state index in [0.717, 1.165) is 23.7 Å². The highest BCUT2D eigenvalue weighted by atomic mass is 14.6. The van der Waals surface area contributed by atoms with Crippen LogP contribution in [0.15, 0.2) is 37.0 Å². The minimum absolute atomic E-state index is 0.413. The molecule has 0 saturated heterocycles. The maximum atomic E-state index is 4.18. The Balaban J connectivity index is 1.70. The molecule has 0 aromatic heterocycles. The number of fused-ring (bicyclic) bond motifs is 2. The topological polar surface area (TPSA) is 0 Å². The molecule has 8 atom stereocenters. The van der Waals surface area contributed by atoms with Crippen LogP contribution in [0, 0.1) is 51.2 Å². The lowest BCUT2D eigenvalue weighted by atomic mass is 9.40. The summed E-state index contributed by atoms with van der Waals surface area (Å²) in [6, 6.07) is 0. The Kier molecular flexibility index (Phi) is 5.97. The van der Waals surface area contributed by atoms with E-state index in [2.05, 4.69) is 72.9 Å². The molecule has 4 saturated carbocycles. The normalized spacial score (nSPS) is 50.9. The van der Waals surface area contributed by atoms with Crippen molar-refractivity contribution in [1.82, 2.24) is 0 Å². The predicted octanol–water partition coefficient (Wildman–Crippen LogP) is 9.39. The molecule has 0 nitrogen and oxygen atoms in total. The van der Waals surface area contributed by atoms with Gasteiger partial charge in [0.05, 0.1) is 0 Å². The van der Waals surface area contributed by atoms with Crippen molar-refractivity contribution in [3.05, 3.63) is 37.0 Å². The Morgan fingerprint density at radius 1 is 0.806 bits per heavy atom. The molecule has 0 heterocycles. The molecule has 4 aliphatic carbocycles. The summed E-state index contributed by atoms with van der Waals surface area (Å²) in [4.78, 5) is 0. The summed E-state index contributed by atoms with van der Waals surface area (Å²) in [5.74, 6) is 3.81. The standard InChI is InChI=1S/C31H50/c1-9-12-24-25(14-19-29(6)18-13-23(10-2)21-26(24)29)30(7)20-15-27-28(4,5)16-11-17-31(27,8)22(30)3/h9-10,12,22-23,25-27H,1-2,11,13-21H2,3-8H3/b24-12+. The number of allylic oxidation sites excluding steroid dienone is 4. The lowest BCUT2D eigenvalue weighted by Crippen LogP contribution is -2.57. The second-order valence-corrected chi connectivity index (χ2v) is 13.6. The van der Waals surface area contributed by atoms with Crippen molar-refractivity contribution >= 4 is 0 Å². The first kappa shape index (κ1) is 23.4. The summed E-state index contributed by atoms with van der Waals surface area (Å²) in [6.45, 7) is 24.1. The summed E-state index contributed by atoms with van der Waals surface area (Å²) >= 11 is 0. The molecule has 0 aliphatic heterocycles. The van der Waals surface area contributed by atoms with Crippen molar-refractivity contribution in [2.75, 3.05) is 0 Å². The molecule has 4 fully saturated rings. The van der Waals surface area contributed by atoms with Gasteiger partial charge in [-0.3, -0.25) is 0 Å². The van der Waals surface area contributed by atoms with Crippen LogP contribution in [0.1, 0.15) is 106 Å². The number of hydrogen-bond donors (Lipinski definition) is 0. The molecule has 8 unspecified atom stereocenters. The third-order valence-electron chi connectivity index (χ3n) is 11.9. The van der Waals surface area contributed by atoms with E-state index in [9.17, 15) is 0 Å². The average Bonchev–Trinajstić information content (AvgIpc) is 2.71. The third kappa shape index (κ3) is 3.54. The smallest absolute Gasteiger partial charge is 0.0138 e. The van der Waals surface area contributed by atoms with E-state index in [-0.39, 0.29) is 0 Å². The van der Waals surface area contributed by atoms with E-state index < -0.39 is 0 Å². The molecular weight excluding hydrogens is 372 g/mol. The quantitative estimate of drug-likeness (QED) is 0.397. The fourth-order valence-corrected chi connectivity index (χ4v) is 9.71. The van der Waals surface area contributed by atoms with Crippen molar-refractivity contribution < 1.29 is 0 Å². The lowest BCUT2D eigenvalue weighted by Gasteiger charge is -2.65. The van der Waals surface area contributed by atoms with E-state index in [1.165, 1.54) is 64.2 Å². The zero-order valence-corrected chi connectivity index (χ0v) is 21.6. The number of hydrogen-bond acceptors (Lipinski definition) is 0. The zero-order valence-electron chi connectivity index (χ0n) is 21.6. The Morgan fingerprint density at radius 3 is 2.19 bits per heavy atom. The Morgan fingerprint density at radius 2 is 1.52 bits per heavy atom. The monoisotopic (exact) mass is 422 g/mol. The number of rotatable bonds is 3. The molecule has 0 bridgehead atoms. The third-order valence-corrected chi connectivity index (χ3v) is 11.9. The summed E-state index contributed by atoms with van der Waals surface area (Å²) in [5.41, 5.74) is 3.66. The van der Waals surface area contributed by atoms with Gasteiger partial charge in [-0.15, -0.1) is 6.58 Å². The van der Waals surface area contributed by atoms with Gasteiger partial charge in [0, 0.05) is 0 Å². The van der Waals surface area contributed by atoms with Gasteiger partial charge in [-0.2, -0.15) is 0 Å². The van der Waals surface area contributed by atoms with Gasteiger partial charge in [-0.1, -0.05) is 78.3 Å². The minimum atomic E-state index is 0.413. The van der Waals surface area contributed by atoms with Crippen molar-refractivity contribution in [1.29, 1.82) is 0 Å². The van der Waals surface area contributed by atoms with Crippen LogP contribution in [0.3, 0.4) is 0 Å². The van der Waals surface area contributed by atoms with Crippen molar-refractivity contribution in [3.63, 3.8) is 0 Å². The van der Waals surface area contributed by atoms with Crippen LogP contribution in [0.5, 0.6) is 0 Å². The predicted molar refractivity (Wildman–Crippen MR) is 136 cm³/mol. The van der Waals surface area contributed by atoms with Gasteiger partial charge in [0.25, 0.3) is 0 Å². The molecule has 0 heteroatoms. The first-order chi connectivity index (χ1) is 14.5. The Bertz CT molecular complexity index is 739. The molecule has 0 N–H and O–H groups in total. The van der Waals surface area contributed by atoms with E-state index in [1.54, 1.807) is 5.57 Å². The van der Waals surface area contributed by atoms with E-state index in [1.807, 2.05) is 0 Å². The summed E-state index contributed by atoms with van der Waals surface area (Å²) in [5, 5.41) is 0. The fourth-order valence-electron chi connectivity index (χ4n) is 9.71. The lowest BCUT2D eigenvalue weighted by molar-refractivity contribution is -0.142. The van der Waals surface area contributed by atoms with Crippen LogP contribution < -0.4 is 0 Å². The fraction of sp³-hybridized carbons (Fsp3) is 0.806. The van der Waals surface area contributed by atoms with E-state index in [0.29, 0.717) is 27.6 Å². The second-order valence-electron chi connectivity index (χ2n) is 13.6. The van der Waals surface area contributed by atoms with Crippen molar-refractivity contribution in [3.8, 4) is 0 Å². The van der Waals surface area contributed by atoms with Gasteiger partial charge in [0.2, 0.25) is 0 Å². The highest BCUT2D eigenvalue weighted by Crippen LogP contribution is 2.69. The first-order valence-corrected chi connectivity index (χ1v) is 13.5. The van der Waals surface area contributed by atoms with Gasteiger partial charge >= 0.3 is 0 Å². The summed E-state index contributed by atoms with van der Waals surface area (Å²) < 4.78 is 0. The largest absolute Gasteiger partial charge is 0.103 e. The molecule has 0 radical (unpaired) electrons. The Labute approximate surface area is 194 Å². The second kappa shape index (κ2) is 7.92. The maximum absolute atomic E-state index is 4.18. The van der Waals surface area contributed by atoms with Gasteiger partial charge in [-0.25, -0.2) is 0 Å². The molecule has 174 valence electrons. The molecule has 4 rings (SSSR count). The highest BCUT2D eigenvalue weighted by Gasteiger charge is 2.60. The van der Waals surface area contributed by atoms with Gasteiger partial charge in [0.15, 0.2) is 0 Å². The van der Waals surface area contributed by atoms with Crippen LogP contribution in [-0.2, 0) is 0 Å². The molecule has 31 heavy (non-hydrogen) atoms. The summed E-state index contributed by atoms with van der Waals surface area (Å²) in [7, 11) is 0. The molecule has 0 spiro atoms. The van der Waals surface area contributed by atoms with Crippen LogP contribution in [0.4, 0.5) is 0 Å². The molecule has 0 aromatic rings. The van der Waals surface area contributed by atoms with Crippen LogP contribution >= 0.6 is 0 Å². The van der Waals surface area contributed by atoms with E-state index in [4.69, 9.17) is 0 Å². The van der Waals surface area contributed by atoms with Crippen LogP contribution in [0.25, 0.3) is 0 Å². The summed E-state index contributed by atoms with van der Waals surface area (Å²) in [6.07, 6.45) is 20.8. The Hall–Kier alpha value is -0.780. The maximum Gasteiger partial charge on any atom is -0.0138 e. The first-order valence-electron chi connectivity index (χ1n) is 13.5. The van der Waals surface area contributed by atoms with Crippen molar-refractivity contribution in [2.45, 2.75) is 106 Å². The van der Waals surface area contributed by atoms with Gasteiger partial charge in [-0.05, 0) is 109 Å². The van der Waals surface area contributed by atoms with Crippen molar-refractivity contribution in [2.24, 2.45) is 51.2 Å². The highest BCUT2D eigenvalue weighted by molar-refractivity contribution is 5.27. The van der Waals surface area contributed by atoms with Gasteiger partial charge in [0.1, 0.15) is 0 Å². The van der Waals surface area contributed by atoms with E-state index >= 15 is 0 Å². The van der Waals surface area contributed by atoms with Gasteiger partial charge < -0.3 is 0 Å². The zero-order chi connectivity index (χ0) is 22.7. The van der Waals surface area contributed by atoms with Crippen LogP contribution in [-0.4, -0.2) is 0 Å².